The lowest BCUT2D eigenvalue weighted by molar-refractivity contribution is -0.480. The fourth-order valence-corrected chi connectivity index (χ4v) is 0.929. The van der Waals surface area contributed by atoms with E-state index in [4.69, 9.17) is 0 Å². The first-order chi connectivity index (χ1) is 6.13. The van der Waals surface area contributed by atoms with Crippen LogP contribution in [0.25, 0.3) is 0 Å². The minimum atomic E-state index is -0.300. The molecule has 74 valence electrons. The first kappa shape index (κ1) is 11.8. The molecule has 0 fully saturated rings. The standard InChI is InChI=1S/C9H15NO3/c1-9(11)7-5-3-2-4-6-8-10(12)13/h5,7H,2-4,6,8H2,1H3/b7-5+. The Hall–Kier alpha value is -1.19. The molecule has 0 atom stereocenters. The largest absolute Gasteiger partial charge is 0.295 e. The number of nitrogens with zero attached hydrogens (tertiary/aromatic N) is 1. The summed E-state index contributed by atoms with van der Waals surface area (Å²) in [7, 11) is 0. The molecule has 0 bridgehead atoms. The molecule has 0 aliphatic carbocycles. The van der Waals surface area contributed by atoms with E-state index in [0.717, 1.165) is 19.3 Å². The maximum Gasteiger partial charge on any atom is 0.203 e. The summed E-state index contributed by atoms with van der Waals surface area (Å²) in [5, 5.41) is 9.92. The van der Waals surface area contributed by atoms with E-state index in [0.29, 0.717) is 6.42 Å². The molecule has 0 N–H and O–H groups in total. The second-order valence-electron chi connectivity index (χ2n) is 2.92. The quantitative estimate of drug-likeness (QED) is 0.263. The van der Waals surface area contributed by atoms with Gasteiger partial charge in [-0.2, -0.15) is 0 Å². The summed E-state index contributed by atoms with van der Waals surface area (Å²) >= 11 is 0. The molecule has 0 saturated carbocycles. The predicted octanol–water partition coefficient (Wildman–Crippen LogP) is 1.97. The van der Waals surface area contributed by atoms with Crippen LogP contribution >= 0.6 is 0 Å². The molecule has 0 aromatic carbocycles. The number of carbonyl (C=O) groups is 1. The van der Waals surface area contributed by atoms with Gasteiger partial charge in [0.05, 0.1) is 0 Å². The fourth-order valence-electron chi connectivity index (χ4n) is 0.929. The number of allylic oxidation sites excluding steroid dienone is 2. The Kier molecular flexibility index (Phi) is 6.78. The van der Waals surface area contributed by atoms with Crippen molar-refractivity contribution in [3.8, 4) is 0 Å². The number of hydrogen-bond donors (Lipinski definition) is 0. The monoisotopic (exact) mass is 185 g/mol. The minimum absolute atomic E-state index is 0.0466. The van der Waals surface area contributed by atoms with E-state index in [1.165, 1.54) is 13.0 Å². The minimum Gasteiger partial charge on any atom is -0.295 e. The van der Waals surface area contributed by atoms with Gasteiger partial charge in [0.15, 0.2) is 5.78 Å². The molecule has 0 amide bonds. The molecule has 4 nitrogen and oxygen atoms in total. The maximum absolute atomic E-state index is 10.4. The van der Waals surface area contributed by atoms with Crippen LogP contribution in [0.4, 0.5) is 0 Å². The van der Waals surface area contributed by atoms with Crippen molar-refractivity contribution in [3.63, 3.8) is 0 Å². The smallest absolute Gasteiger partial charge is 0.203 e. The van der Waals surface area contributed by atoms with Gasteiger partial charge in [-0.05, 0) is 32.3 Å². The molecule has 13 heavy (non-hydrogen) atoms. The summed E-state index contributed by atoms with van der Waals surface area (Å²) in [6, 6.07) is 0. The van der Waals surface area contributed by atoms with Crippen LogP contribution in [0.5, 0.6) is 0 Å². The van der Waals surface area contributed by atoms with E-state index in [2.05, 4.69) is 0 Å². The molecule has 0 spiro atoms. The van der Waals surface area contributed by atoms with Crippen LogP contribution in [-0.2, 0) is 4.79 Å². The van der Waals surface area contributed by atoms with Crippen molar-refractivity contribution in [3.05, 3.63) is 22.3 Å². The number of ketones is 1. The van der Waals surface area contributed by atoms with Gasteiger partial charge in [-0.25, -0.2) is 0 Å². The van der Waals surface area contributed by atoms with E-state index in [-0.39, 0.29) is 17.3 Å². The SMILES string of the molecule is CC(=O)/C=C/CCCCC[N+](=O)[O-]. The van der Waals surface area contributed by atoms with Crippen molar-refractivity contribution in [2.75, 3.05) is 6.54 Å². The van der Waals surface area contributed by atoms with Gasteiger partial charge >= 0.3 is 0 Å². The second kappa shape index (κ2) is 7.46. The lowest BCUT2D eigenvalue weighted by Gasteiger charge is -1.93. The van der Waals surface area contributed by atoms with Gasteiger partial charge in [0.2, 0.25) is 6.54 Å². The van der Waals surface area contributed by atoms with E-state index >= 15 is 0 Å². The third kappa shape index (κ3) is 10.8. The average Bonchev–Trinajstić information content (AvgIpc) is 2.01. The molecule has 0 aromatic heterocycles. The third-order valence-corrected chi connectivity index (χ3v) is 1.56. The highest BCUT2D eigenvalue weighted by Crippen LogP contribution is 2.00. The van der Waals surface area contributed by atoms with E-state index in [1.807, 2.05) is 6.08 Å². The van der Waals surface area contributed by atoms with Gasteiger partial charge in [0.1, 0.15) is 0 Å². The Morgan fingerprint density at radius 2 is 2.08 bits per heavy atom. The van der Waals surface area contributed by atoms with E-state index < -0.39 is 0 Å². The van der Waals surface area contributed by atoms with Gasteiger partial charge in [-0.1, -0.05) is 6.08 Å². The Balaban J connectivity index is 3.17. The Bertz CT molecular complexity index is 199. The summed E-state index contributed by atoms with van der Waals surface area (Å²) in [6.07, 6.45) is 6.57. The highest BCUT2D eigenvalue weighted by atomic mass is 16.6. The van der Waals surface area contributed by atoms with Crippen LogP contribution in [0.2, 0.25) is 0 Å². The molecule has 0 radical (unpaired) electrons. The molecule has 0 unspecified atom stereocenters. The Morgan fingerprint density at radius 1 is 1.38 bits per heavy atom. The molecule has 0 rings (SSSR count). The van der Waals surface area contributed by atoms with Crippen LogP contribution in [0.3, 0.4) is 0 Å². The molecule has 0 saturated heterocycles. The Labute approximate surface area is 77.8 Å². The van der Waals surface area contributed by atoms with Gasteiger partial charge < -0.3 is 0 Å². The average molecular weight is 185 g/mol. The van der Waals surface area contributed by atoms with Gasteiger partial charge in [0.25, 0.3) is 0 Å². The highest BCUT2D eigenvalue weighted by molar-refractivity contribution is 5.87. The lowest BCUT2D eigenvalue weighted by Crippen LogP contribution is -1.99. The summed E-state index contributed by atoms with van der Waals surface area (Å²) in [6.45, 7) is 1.56. The number of hydrogen-bond acceptors (Lipinski definition) is 3. The van der Waals surface area contributed by atoms with Crippen LogP contribution in [0.1, 0.15) is 32.6 Å². The van der Waals surface area contributed by atoms with E-state index in [1.54, 1.807) is 0 Å². The highest BCUT2D eigenvalue weighted by Gasteiger charge is 1.95. The Morgan fingerprint density at radius 3 is 2.62 bits per heavy atom. The van der Waals surface area contributed by atoms with Crippen LogP contribution in [0.15, 0.2) is 12.2 Å². The number of unbranched alkanes of at least 4 members (excludes halogenated alkanes) is 3. The molecular weight excluding hydrogens is 170 g/mol. The second-order valence-corrected chi connectivity index (χ2v) is 2.92. The number of carbonyl (C=O) groups excluding carboxylic acids is 1. The van der Waals surface area contributed by atoms with E-state index in [9.17, 15) is 14.9 Å². The third-order valence-electron chi connectivity index (χ3n) is 1.56. The molecule has 4 heteroatoms. The van der Waals surface area contributed by atoms with Crippen molar-refractivity contribution in [2.24, 2.45) is 0 Å². The normalized spacial score (nSPS) is 10.5. The first-order valence-electron chi connectivity index (χ1n) is 4.42. The summed E-state index contributed by atoms with van der Waals surface area (Å²) in [5.41, 5.74) is 0. The van der Waals surface area contributed by atoms with Crippen LogP contribution in [-0.4, -0.2) is 17.3 Å². The van der Waals surface area contributed by atoms with Crippen molar-refractivity contribution < 1.29 is 9.72 Å². The topological polar surface area (TPSA) is 60.2 Å². The van der Waals surface area contributed by atoms with Crippen LogP contribution in [0, 0.1) is 10.1 Å². The summed E-state index contributed by atoms with van der Waals surface area (Å²) in [4.78, 5) is 20.1. The molecule has 0 aliphatic heterocycles. The first-order valence-corrected chi connectivity index (χ1v) is 4.42. The van der Waals surface area contributed by atoms with Gasteiger partial charge in [0, 0.05) is 11.3 Å². The molecule has 0 heterocycles. The molecule has 0 aliphatic rings. The van der Waals surface area contributed by atoms with Crippen molar-refractivity contribution in [2.45, 2.75) is 32.6 Å². The molecule has 0 aromatic rings. The number of rotatable bonds is 7. The van der Waals surface area contributed by atoms with Crippen molar-refractivity contribution in [1.29, 1.82) is 0 Å². The van der Waals surface area contributed by atoms with Gasteiger partial charge in [-0.3, -0.25) is 14.9 Å². The molecular formula is C9H15NO3. The summed E-state index contributed by atoms with van der Waals surface area (Å²) in [5.74, 6) is 0.0466. The zero-order valence-electron chi connectivity index (χ0n) is 7.86. The number of nitro groups is 1. The zero-order chi connectivity index (χ0) is 10.1. The van der Waals surface area contributed by atoms with Crippen LogP contribution < -0.4 is 0 Å². The van der Waals surface area contributed by atoms with Crippen molar-refractivity contribution >= 4 is 5.78 Å². The maximum atomic E-state index is 10.4. The fraction of sp³-hybridized carbons (Fsp3) is 0.667. The van der Waals surface area contributed by atoms with Gasteiger partial charge in [-0.15, -0.1) is 0 Å². The van der Waals surface area contributed by atoms with Crippen molar-refractivity contribution in [1.82, 2.24) is 0 Å². The predicted molar refractivity (Wildman–Crippen MR) is 50.2 cm³/mol. The zero-order valence-corrected chi connectivity index (χ0v) is 7.86. The summed E-state index contributed by atoms with van der Waals surface area (Å²) < 4.78 is 0. The lowest BCUT2D eigenvalue weighted by atomic mass is 10.2.